The van der Waals surface area contributed by atoms with Gasteiger partial charge in [0.15, 0.2) is 0 Å². The summed E-state index contributed by atoms with van der Waals surface area (Å²) in [5.41, 5.74) is -0.421. The monoisotopic (exact) mass is 431 g/mol. The van der Waals surface area contributed by atoms with Crippen molar-refractivity contribution < 1.29 is 32.7 Å². The van der Waals surface area contributed by atoms with E-state index in [1.807, 2.05) is 0 Å². The molecule has 10 heteroatoms. The fourth-order valence-electron chi connectivity index (χ4n) is 2.95. The third-order valence-electron chi connectivity index (χ3n) is 4.42. The van der Waals surface area contributed by atoms with Crippen LogP contribution in [0.15, 0.2) is 60.8 Å². The van der Waals surface area contributed by atoms with E-state index in [2.05, 4.69) is 10.4 Å². The van der Waals surface area contributed by atoms with Crippen molar-refractivity contribution in [1.29, 1.82) is 0 Å². The van der Waals surface area contributed by atoms with Crippen LogP contribution in [-0.2, 0) is 16.0 Å². The molecule has 0 spiro atoms. The fourth-order valence-corrected chi connectivity index (χ4v) is 2.95. The average molecular weight is 431 g/mol. The van der Waals surface area contributed by atoms with Gasteiger partial charge in [-0.2, -0.15) is 13.9 Å². The number of aromatic nitrogens is 2. The second-order valence-corrected chi connectivity index (χ2v) is 6.51. The van der Waals surface area contributed by atoms with E-state index >= 15 is 0 Å². The van der Waals surface area contributed by atoms with E-state index in [-0.39, 0.29) is 22.4 Å². The Balaban J connectivity index is 1.97. The van der Waals surface area contributed by atoms with Gasteiger partial charge in [-0.25, -0.2) is 13.9 Å². The van der Waals surface area contributed by atoms with Crippen LogP contribution in [-0.4, -0.2) is 38.6 Å². The molecule has 3 aromatic rings. The van der Waals surface area contributed by atoms with Crippen LogP contribution in [0.1, 0.15) is 22.5 Å². The van der Waals surface area contributed by atoms with E-state index in [9.17, 15) is 27.6 Å². The van der Waals surface area contributed by atoms with Crippen LogP contribution in [0.4, 0.5) is 13.2 Å². The third kappa shape index (κ3) is 4.97. The number of ketones is 1. The zero-order chi connectivity index (χ0) is 22.5. The van der Waals surface area contributed by atoms with Crippen molar-refractivity contribution in [2.24, 2.45) is 0 Å². The number of amides is 1. The van der Waals surface area contributed by atoms with Gasteiger partial charge >= 0.3 is 12.5 Å². The Labute approximate surface area is 174 Å². The topological polar surface area (TPSA) is 101 Å². The largest absolute Gasteiger partial charge is 0.475 e. The van der Waals surface area contributed by atoms with Crippen LogP contribution in [0.25, 0.3) is 11.3 Å². The lowest BCUT2D eigenvalue weighted by Gasteiger charge is -2.16. The first kappa shape index (κ1) is 21.8. The molecule has 0 aliphatic rings. The highest BCUT2D eigenvalue weighted by molar-refractivity contribution is 6.35. The molecule has 31 heavy (non-hydrogen) atoms. The fraction of sp³-hybridized carbons (Fsp3) is 0.143. The average Bonchev–Trinajstić information content (AvgIpc) is 3.19. The number of alkyl halides is 2. The second-order valence-electron chi connectivity index (χ2n) is 6.51. The first-order valence-corrected chi connectivity index (χ1v) is 9.02. The summed E-state index contributed by atoms with van der Waals surface area (Å²) in [6, 6.07) is 12.0. The van der Waals surface area contributed by atoms with E-state index in [4.69, 9.17) is 5.11 Å². The number of hydrogen-bond acceptors (Lipinski definition) is 4. The summed E-state index contributed by atoms with van der Waals surface area (Å²) in [7, 11) is 0. The molecule has 0 radical (unpaired) electrons. The zero-order valence-electron chi connectivity index (χ0n) is 15.8. The molecule has 0 aliphatic carbocycles. The highest BCUT2D eigenvalue weighted by atomic mass is 19.3. The van der Waals surface area contributed by atoms with E-state index in [1.165, 1.54) is 18.2 Å². The molecule has 0 saturated carbocycles. The minimum atomic E-state index is -3.10. The van der Waals surface area contributed by atoms with Crippen LogP contribution in [0.5, 0.6) is 0 Å². The Morgan fingerprint density at radius 2 is 1.68 bits per heavy atom. The van der Waals surface area contributed by atoms with Crippen molar-refractivity contribution in [2.45, 2.75) is 19.0 Å². The molecule has 0 saturated heterocycles. The van der Waals surface area contributed by atoms with Gasteiger partial charge in [0, 0.05) is 18.2 Å². The molecule has 2 N–H and O–H groups in total. The summed E-state index contributed by atoms with van der Waals surface area (Å²) in [4.78, 5) is 36.2. The summed E-state index contributed by atoms with van der Waals surface area (Å²) in [6.45, 7) is -3.10. The van der Waals surface area contributed by atoms with Gasteiger partial charge in [0.05, 0.1) is 5.56 Å². The predicted octanol–water partition coefficient (Wildman–Crippen LogP) is 3.08. The highest BCUT2D eigenvalue weighted by Gasteiger charge is 2.30. The molecule has 7 nitrogen and oxygen atoms in total. The zero-order valence-corrected chi connectivity index (χ0v) is 15.8. The quantitative estimate of drug-likeness (QED) is 0.534. The number of halogens is 3. The number of carbonyl (C=O) groups is 3. The number of nitrogens with zero attached hydrogens (tertiary/aromatic N) is 2. The molecule has 2 aromatic carbocycles. The van der Waals surface area contributed by atoms with Crippen molar-refractivity contribution in [3.8, 4) is 11.3 Å². The maximum Gasteiger partial charge on any atom is 0.374 e. The van der Waals surface area contributed by atoms with Crippen molar-refractivity contribution in [2.75, 3.05) is 0 Å². The third-order valence-corrected chi connectivity index (χ3v) is 4.42. The molecule has 0 aliphatic heterocycles. The summed E-state index contributed by atoms with van der Waals surface area (Å²) < 4.78 is 40.7. The Morgan fingerprint density at radius 3 is 2.29 bits per heavy atom. The summed E-state index contributed by atoms with van der Waals surface area (Å²) in [6.07, 6.45) is 0.572. The lowest BCUT2D eigenvalue weighted by molar-refractivity contribution is -0.149. The van der Waals surface area contributed by atoms with Crippen LogP contribution in [0.2, 0.25) is 0 Å². The second kappa shape index (κ2) is 9.24. The summed E-state index contributed by atoms with van der Waals surface area (Å²) in [5.74, 6) is -4.89. The van der Waals surface area contributed by atoms with Crippen LogP contribution >= 0.6 is 0 Å². The van der Waals surface area contributed by atoms with Gasteiger partial charge in [-0.1, -0.05) is 42.5 Å². The van der Waals surface area contributed by atoms with E-state index < -0.39 is 41.6 Å². The smallest absolute Gasteiger partial charge is 0.374 e. The van der Waals surface area contributed by atoms with Crippen LogP contribution in [0, 0.1) is 5.82 Å². The highest BCUT2D eigenvalue weighted by Crippen LogP contribution is 2.27. The van der Waals surface area contributed by atoms with Gasteiger partial charge in [0.1, 0.15) is 17.6 Å². The molecular formula is C21H16F3N3O4. The lowest BCUT2D eigenvalue weighted by Crippen LogP contribution is -2.45. The predicted molar refractivity (Wildman–Crippen MR) is 103 cm³/mol. The molecule has 1 aromatic heterocycles. The molecule has 3 rings (SSSR count). The van der Waals surface area contributed by atoms with Gasteiger partial charge in [-0.3, -0.25) is 9.59 Å². The summed E-state index contributed by atoms with van der Waals surface area (Å²) >= 11 is 0. The van der Waals surface area contributed by atoms with Crippen molar-refractivity contribution >= 4 is 17.7 Å². The van der Waals surface area contributed by atoms with Gasteiger partial charge in [-0.15, -0.1) is 0 Å². The molecule has 160 valence electrons. The van der Waals surface area contributed by atoms with Gasteiger partial charge in [-0.05, 0) is 17.7 Å². The number of nitrogens with one attached hydrogen (secondary N) is 1. The standard InChI is InChI=1S/C21H16F3N3O4/c22-15-9-5-4-8-13(15)17-14(11-27(26-17)21(23)24)19(29)25-16(18(28)20(30)31)10-12-6-2-1-3-7-12/h1-9,11,16,21H,10H2,(H,25,29)(H,30,31). The first-order chi connectivity index (χ1) is 14.8. The van der Waals surface area contributed by atoms with Crippen molar-refractivity contribution in [3.63, 3.8) is 0 Å². The maximum absolute atomic E-state index is 14.2. The normalized spacial score (nSPS) is 11.9. The first-order valence-electron chi connectivity index (χ1n) is 9.02. The van der Waals surface area contributed by atoms with Crippen LogP contribution < -0.4 is 5.32 Å². The molecular weight excluding hydrogens is 415 g/mol. The molecule has 1 amide bonds. The van der Waals surface area contributed by atoms with Gasteiger partial charge in [0.2, 0.25) is 0 Å². The lowest BCUT2D eigenvalue weighted by atomic mass is 10.0. The Kier molecular flexibility index (Phi) is 6.49. The Bertz CT molecular complexity index is 1120. The molecule has 1 heterocycles. The number of rotatable bonds is 8. The molecule has 0 fully saturated rings. The number of hydrogen-bond donors (Lipinski definition) is 2. The molecule has 0 bridgehead atoms. The SMILES string of the molecule is O=C(O)C(=O)C(Cc1ccccc1)NC(=O)c1cn(C(F)F)nc1-c1ccccc1F. The van der Waals surface area contributed by atoms with Crippen molar-refractivity contribution in [1.82, 2.24) is 15.1 Å². The molecule has 1 unspecified atom stereocenters. The van der Waals surface area contributed by atoms with Gasteiger partial charge < -0.3 is 10.4 Å². The number of benzene rings is 2. The van der Waals surface area contributed by atoms with E-state index in [0.29, 0.717) is 11.8 Å². The summed E-state index contributed by atoms with van der Waals surface area (Å²) in [5, 5.41) is 14.9. The number of aliphatic carboxylic acids is 1. The number of carboxylic acid groups (broad SMARTS) is 1. The minimum Gasteiger partial charge on any atom is -0.475 e. The van der Waals surface area contributed by atoms with Gasteiger partial charge in [0.25, 0.3) is 11.7 Å². The van der Waals surface area contributed by atoms with Crippen LogP contribution in [0.3, 0.4) is 0 Å². The van der Waals surface area contributed by atoms with Crippen molar-refractivity contribution in [3.05, 3.63) is 77.7 Å². The minimum absolute atomic E-state index is 0.143. The maximum atomic E-state index is 14.2. The Hall–Kier alpha value is -3.95. The van der Waals surface area contributed by atoms with E-state index in [1.54, 1.807) is 30.3 Å². The van der Waals surface area contributed by atoms with E-state index in [0.717, 1.165) is 6.07 Å². The number of carbonyl (C=O) groups excluding carboxylic acids is 2. The Morgan fingerprint density at radius 1 is 1.03 bits per heavy atom. The molecule has 1 atom stereocenters. The number of carboxylic acids is 1. The number of Topliss-reactive ketones (excluding diaryl/α,β-unsaturated/α-hetero) is 1.